The molecule has 2 aliphatic rings. The molecule has 0 spiro atoms. The number of thiophene rings is 1. The van der Waals surface area contributed by atoms with Crippen molar-refractivity contribution < 1.29 is 9.53 Å². The van der Waals surface area contributed by atoms with E-state index in [-0.39, 0.29) is 18.1 Å². The fourth-order valence-corrected chi connectivity index (χ4v) is 4.15. The minimum absolute atomic E-state index is 0.0603. The number of amides is 1. The van der Waals surface area contributed by atoms with Gasteiger partial charge in [0.2, 0.25) is 0 Å². The molecule has 2 fully saturated rings. The monoisotopic (exact) mass is 302 g/mol. The summed E-state index contributed by atoms with van der Waals surface area (Å²) in [6.07, 6.45) is 3.55. The summed E-state index contributed by atoms with van der Waals surface area (Å²) < 4.78 is 6.83. The molecule has 3 N–H and O–H groups in total. The van der Waals surface area contributed by atoms with Crippen molar-refractivity contribution in [2.45, 2.75) is 31.4 Å². The maximum atomic E-state index is 12.5. The number of nitrogens with two attached hydrogens (primary N) is 1. The summed E-state index contributed by atoms with van der Waals surface area (Å²) in [5.74, 6) is 0.576. The Morgan fingerprint density at radius 3 is 2.86 bits per heavy atom. The van der Waals surface area contributed by atoms with Gasteiger partial charge in [0.05, 0.1) is 17.8 Å². The first-order chi connectivity index (χ1) is 10.2. The lowest BCUT2D eigenvalue weighted by Gasteiger charge is -2.19. The lowest BCUT2D eigenvalue weighted by molar-refractivity contribution is 0.0732. The normalized spacial score (nSPS) is 25.3. The maximum Gasteiger partial charge on any atom is 0.263 e. The number of nitrogen functional groups attached to an aromatic ring is 1. The summed E-state index contributed by atoms with van der Waals surface area (Å²) >= 11 is 1.46. The van der Waals surface area contributed by atoms with Gasteiger partial charge in [0.15, 0.2) is 0 Å². The Balaban J connectivity index is 1.57. The zero-order valence-corrected chi connectivity index (χ0v) is 12.5. The van der Waals surface area contributed by atoms with Gasteiger partial charge in [-0.1, -0.05) is 18.2 Å². The summed E-state index contributed by atoms with van der Waals surface area (Å²) in [6.45, 7) is 0.744. The summed E-state index contributed by atoms with van der Waals surface area (Å²) in [4.78, 5) is 13.2. The SMILES string of the molecule is Nc1c(C(=O)NC2CCOC2C2CC2)sc2ccccc12. The van der Waals surface area contributed by atoms with Crippen LogP contribution in [0.15, 0.2) is 24.3 Å². The van der Waals surface area contributed by atoms with Crippen molar-refractivity contribution in [2.75, 3.05) is 12.3 Å². The molecule has 0 bridgehead atoms. The van der Waals surface area contributed by atoms with E-state index in [9.17, 15) is 4.79 Å². The number of benzene rings is 1. The van der Waals surface area contributed by atoms with Crippen LogP contribution in [-0.2, 0) is 4.74 Å². The highest BCUT2D eigenvalue weighted by Gasteiger charge is 2.41. The van der Waals surface area contributed by atoms with Crippen molar-refractivity contribution in [3.05, 3.63) is 29.1 Å². The zero-order chi connectivity index (χ0) is 14.4. The minimum atomic E-state index is -0.0603. The lowest BCUT2D eigenvalue weighted by atomic mass is 10.1. The lowest BCUT2D eigenvalue weighted by Crippen LogP contribution is -2.41. The van der Waals surface area contributed by atoms with E-state index in [4.69, 9.17) is 10.5 Å². The number of anilines is 1. The first-order valence-corrected chi connectivity index (χ1v) is 8.25. The van der Waals surface area contributed by atoms with E-state index >= 15 is 0 Å². The molecule has 4 rings (SSSR count). The minimum Gasteiger partial charge on any atom is -0.397 e. The second kappa shape index (κ2) is 5.00. The molecule has 1 amide bonds. The summed E-state index contributed by atoms with van der Waals surface area (Å²) in [5.41, 5.74) is 6.73. The van der Waals surface area contributed by atoms with Crippen LogP contribution in [0.5, 0.6) is 0 Å². The molecule has 5 heteroatoms. The smallest absolute Gasteiger partial charge is 0.263 e. The van der Waals surface area contributed by atoms with Gasteiger partial charge < -0.3 is 15.8 Å². The Morgan fingerprint density at radius 1 is 1.29 bits per heavy atom. The van der Waals surface area contributed by atoms with E-state index in [2.05, 4.69) is 5.32 Å². The van der Waals surface area contributed by atoms with Crippen molar-refractivity contribution in [3.8, 4) is 0 Å². The number of fused-ring (bicyclic) bond motifs is 1. The van der Waals surface area contributed by atoms with Crippen LogP contribution >= 0.6 is 11.3 Å². The van der Waals surface area contributed by atoms with Gasteiger partial charge in [-0.25, -0.2) is 0 Å². The van der Waals surface area contributed by atoms with E-state index in [0.29, 0.717) is 16.5 Å². The van der Waals surface area contributed by atoms with Gasteiger partial charge >= 0.3 is 0 Å². The van der Waals surface area contributed by atoms with Crippen molar-refractivity contribution in [3.63, 3.8) is 0 Å². The molecule has 2 unspecified atom stereocenters. The maximum absolute atomic E-state index is 12.5. The molecule has 1 aromatic heterocycles. The third kappa shape index (κ3) is 2.30. The van der Waals surface area contributed by atoms with Crippen LogP contribution in [0.25, 0.3) is 10.1 Å². The van der Waals surface area contributed by atoms with Gasteiger partial charge in [0.25, 0.3) is 5.91 Å². The summed E-state index contributed by atoms with van der Waals surface area (Å²) in [6, 6.07) is 8.01. The highest BCUT2D eigenvalue weighted by atomic mass is 32.1. The predicted octanol–water partition coefficient (Wildman–Crippen LogP) is 2.78. The molecule has 2 heterocycles. The number of hydrogen-bond acceptors (Lipinski definition) is 4. The molecule has 21 heavy (non-hydrogen) atoms. The van der Waals surface area contributed by atoms with Crippen LogP contribution in [0.1, 0.15) is 28.9 Å². The number of ether oxygens (including phenoxy) is 1. The largest absolute Gasteiger partial charge is 0.397 e. The van der Waals surface area contributed by atoms with Crippen molar-refractivity contribution >= 4 is 33.0 Å². The average Bonchev–Trinajstić information content (AvgIpc) is 3.15. The van der Waals surface area contributed by atoms with Gasteiger partial charge in [-0.2, -0.15) is 0 Å². The zero-order valence-electron chi connectivity index (χ0n) is 11.7. The van der Waals surface area contributed by atoms with Gasteiger partial charge in [0, 0.05) is 16.7 Å². The Hall–Kier alpha value is -1.59. The fraction of sp³-hybridized carbons (Fsp3) is 0.438. The molecule has 1 saturated carbocycles. The standard InChI is InChI=1S/C16H18N2O2S/c17-13-10-3-1-2-4-12(10)21-15(13)16(19)18-11-7-8-20-14(11)9-5-6-9/h1-4,9,11,14H,5-8,17H2,(H,18,19). The third-order valence-electron chi connectivity index (χ3n) is 4.38. The number of nitrogens with one attached hydrogen (secondary N) is 1. The Bertz CT molecular complexity index is 693. The Kier molecular flexibility index (Phi) is 3.12. The van der Waals surface area contributed by atoms with Crippen LogP contribution in [0.3, 0.4) is 0 Å². The van der Waals surface area contributed by atoms with Crippen LogP contribution in [0.2, 0.25) is 0 Å². The van der Waals surface area contributed by atoms with Crippen LogP contribution in [-0.4, -0.2) is 24.7 Å². The quantitative estimate of drug-likeness (QED) is 0.916. The fourth-order valence-electron chi connectivity index (χ4n) is 3.12. The highest BCUT2D eigenvalue weighted by Crippen LogP contribution is 2.39. The van der Waals surface area contributed by atoms with Crippen molar-refractivity contribution in [1.82, 2.24) is 5.32 Å². The first-order valence-electron chi connectivity index (χ1n) is 7.43. The number of carbonyl (C=O) groups excluding carboxylic acids is 1. The van der Waals surface area contributed by atoms with Gasteiger partial charge in [-0.15, -0.1) is 11.3 Å². The van der Waals surface area contributed by atoms with Gasteiger partial charge in [-0.05, 0) is 31.2 Å². The van der Waals surface area contributed by atoms with Crippen LogP contribution in [0.4, 0.5) is 5.69 Å². The Labute approximate surface area is 127 Å². The third-order valence-corrected chi connectivity index (χ3v) is 5.56. The average molecular weight is 302 g/mol. The van der Waals surface area contributed by atoms with Crippen LogP contribution < -0.4 is 11.1 Å². The molecule has 4 nitrogen and oxygen atoms in total. The second-order valence-electron chi connectivity index (χ2n) is 5.88. The van der Waals surface area contributed by atoms with E-state index in [1.807, 2.05) is 24.3 Å². The molecule has 2 aromatic rings. The van der Waals surface area contributed by atoms with Crippen molar-refractivity contribution in [1.29, 1.82) is 0 Å². The van der Waals surface area contributed by atoms with Gasteiger partial charge in [-0.3, -0.25) is 4.79 Å². The number of hydrogen-bond donors (Lipinski definition) is 2. The van der Waals surface area contributed by atoms with E-state index < -0.39 is 0 Å². The van der Waals surface area contributed by atoms with Gasteiger partial charge in [0.1, 0.15) is 4.88 Å². The predicted molar refractivity (Wildman–Crippen MR) is 84.6 cm³/mol. The molecule has 1 aliphatic heterocycles. The molecule has 1 aliphatic carbocycles. The molecule has 110 valence electrons. The number of carbonyl (C=O) groups is 1. The van der Waals surface area contributed by atoms with E-state index in [1.54, 1.807) is 0 Å². The van der Waals surface area contributed by atoms with E-state index in [0.717, 1.165) is 23.1 Å². The summed E-state index contributed by atoms with van der Waals surface area (Å²) in [5, 5.41) is 4.10. The molecular weight excluding hydrogens is 284 g/mol. The topological polar surface area (TPSA) is 64.4 Å². The molecule has 1 aromatic carbocycles. The second-order valence-corrected chi connectivity index (χ2v) is 6.93. The molecule has 0 radical (unpaired) electrons. The Morgan fingerprint density at radius 2 is 2.10 bits per heavy atom. The highest BCUT2D eigenvalue weighted by molar-refractivity contribution is 7.21. The van der Waals surface area contributed by atoms with E-state index in [1.165, 1.54) is 24.2 Å². The molecular formula is C16H18N2O2S. The molecule has 2 atom stereocenters. The van der Waals surface area contributed by atoms with Crippen molar-refractivity contribution in [2.24, 2.45) is 5.92 Å². The number of rotatable bonds is 3. The first kappa shape index (κ1) is 13.1. The van der Waals surface area contributed by atoms with Crippen LogP contribution in [0, 0.1) is 5.92 Å². The summed E-state index contributed by atoms with van der Waals surface area (Å²) in [7, 11) is 0. The molecule has 1 saturated heterocycles.